The number of pyridine rings is 1. The molecular formula is C25H29N3O5Si. The first-order valence-electron chi connectivity index (χ1n) is 11.3. The summed E-state index contributed by atoms with van der Waals surface area (Å²) in [5.74, 6) is -1.83. The highest BCUT2D eigenvalue weighted by molar-refractivity contribution is 6.69. The average Bonchev–Trinajstić information content (AvgIpc) is 3.12. The summed E-state index contributed by atoms with van der Waals surface area (Å²) in [4.78, 5) is 42.6. The normalized spacial score (nSPS) is 20.6. The molecule has 0 bridgehead atoms. The number of amides is 2. The summed E-state index contributed by atoms with van der Waals surface area (Å²) in [6, 6.07) is 10.6. The number of nitrogens with zero attached hydrogens (tertiary/aromatic N) is 2. The lowest BCUT2D eigenvalue weighted by Gasteiger charge is -2.47. The molecule has 4 rings (SSSR count). The van der Waals surface area contributed by atoms with Crippen molar-refractivity contribution >= 4 is 31.7 Å². The van der Waals surface area contributed by atoms with Gasteiger partial charge < -0.3 is 19.7 Å². The summed E-state index contributed by atoms with van der Waals surface area (Å²) < 4.78 is 6.14. The Labute approximate surface area is 199 Å². The Morgan fingerprint density at radius 1 is 1.24 bits per heavy atom. The average molecular weight is 480 g/mol. The number of carbonyl (C=O) groups excluding carboxylic acids is 2. The first-order chi connectivity index (χ1) is 16.1. The van der Waals surface area contributed by atoms with Gasteiger partial charge in [0.1, 0.15) is 5.70 Å². The number of hydrogen-bond acceptors (Lipinski definition) is 5. The molecular weight excluding hydrogens is 450 g/mol. The van der Waals surface area contributed by atoms with E-state index < -0.39 is 14.3 Å². The number of aromatic nitrogens is 1. The van der Waals surface area contributed by atoms with Gasteiger partial charge in [0, 0.05) is 18.9 Å². The molecule has 0 unspecified atom stereocenters. The number of rotatable bonds is 8. The highest BCUT2D eigenvalue weighted by Gasteiger charge is 2.57. The minimum absolute atomic E-state index is 0.0593. The van der Waals surface area contributed by atoms with Crippen molar-refractivity contribution in [3.05, 3.63) is 71.2 Å². The van der Waals surface area contributed by atoms with Crippen molar-refractivity contribution in [2.75, 3.05) is 0 Å². The van der Waals surface area contributed by atoms with Crippen LogP contribution in [0, 0.1) is 5.92 Å². The minimum atomic E-state index is -1.84. The lowest BCUT2D eigenvalue weighted by molar-refractivity contribution is -0.160. The van der Waals surface area contributed by atoms with Gasteiger partial charge in [0.15, 0.2) is 8.32 Å². The smallest absolute Gasteiger partial charge is 0.352 e. The van der Waals surface area contributed by atoms with Gasteiger partial charge in [-0.25, -0.2) is 4.79 Å². The quantitative estimate of drug-likeness (QED) is 0.444. The highest BCUT2D eigenvalue weighted by atomic mass is 28.4. The third-order valence-electron chi connectivity index (χ3n) is 6.14. The SMILES string of the molecule is C[C@@H](O[Si](C)(C)C)[C@H]1C(=O)N2C(C(=O)O)=C(c3ccc(CNC(=O)c4cccnc4)cc3)C[C@H]12. The fourth-order valence-corrected chi connectivity index (χ4v) is 6.01. The van der Waals surface area contributed by atoms with Crippen LogP contribution in [0.15, 0.2) is 54.5 Å². The van der Waals surface area contributed by atoms with Crippen LogP contribution < -0.4 is 5.32 Å². The van der Waals surface area contributed by atoms with Gasteiger partial charge in [-0.3, -0.25) is 14.6 Å². The van der Waals surface area contributed by atoms with Crippen LogP contribution >= 0.6 is 0 Å². The molecule has 0 saturated carbocycles. The Kier molecular flexibility index (Phi) is 6.42. The molecule has 0 radical (unpaired) electrons. The number of β-lactam (4-membered cyclic amide) rings is 1. The van der Waals surface area contributed by atoms with Gasteiger partial charge >= 0.3 is 5.97 Å². The maximum atomic E-state index is 12.9. The molecule has 2 amide bonds. The number of carbonyl (C=O) groups is 3. The van der Waals surface area contributed by atoms with E-state index in [1.54, 1.807) is 18.3 Å². The fourth-order valence-electron chi connectivity index (χ4n) is 4.75. The number of nitrogens with one attached hydrogen (secondary N) is 1. The van der Waals surface area contributed by atoms with Crippen molar-refractivity contribution in [2.45, 2.75) is 51.7 Å². The Hall–Kier alpha value is -3.30. The van der Waals surface area contributed by atoms with Gasteiger partial charge in [0.25, 0.3) is 5.91 Å². The van der Waals surface area contributed by atoms with Gasteiger partial charge in [-0.05, 0) is 61.8 Å². The van der Waals surface area contributed by atoms with Crippen LogP contribution in [0.25, 0.3) is 5.57 Å². The number of aliphatic carboxylic acids is 1. The lowest BCUT2D eigenvalue weighted by atomic mass is 9.82. The van der Waals surface area contributed by atoms with Crippen LogP contribution in [0.2, 0.25) is 19.6 Å². The predicted molar refractivity (Wildman–Crippen MR) is 129 cm³/mol. The van der Waals surface area contributed by atoms with Crippen molar-refractivity contribution in [3.63, 3.8) is 0 Å². The number of hydrogen-bond donors (Lipinski definition) is 2. The van der Waals surface area contributed by atoms with Crippen LogP contribution in [0.1, 0.15) is 34.8 Å². The van der Waals surface area contributed by atoms with E-state index in [9.17, 15) is 19.5 Å². The largest absolute Gasteiger partial charge is 0.477 e. The molecule has 0 spiro atoms. The Morgan fingerprint density at radius 3 is 2.53 bits per heavy atom. The predicted octanol–water partition coefficient (Wildman–Crippen LogP) is 3.28. The molecule has 1 saturated heterocycles. The third-order valence-corrected chi connectivity index (χ3v) is 7.21. The first-order valence-corrected chi connectivity index (χ1v) is 14.7. The topological polar surface area (TPSA) is 109 Å². The standard InChI is InChI=1S/C25H29N3O5Si/c1-15(33-34(2,3)4)21-20-12-19(22(25(31)32)28(20)24(21)30)17-9-7-16(8-10-17)13-27-23(29)18-6-5-11-26-14-18/h5-11,14-15,20-21H,12-13H2,1-4H3,(H,27,29)(H,31,32)/t15-,20-,21-/m1/s1. The molecule has 1 fully saturated rings. The Morgan fingerprint density at radius 2 is 1.94 bits per heavy atom. The molecule has 1 aromatic carbocycles. The monoisotopic (exact) mass is 479 g/mol. The molecule has 3 heterocycles. The van der Waals surface area contributed by atoms with Crippen LogP contribution in [-0.2, 0) is 20.6 Å². The summed E-state index contributed by atoms with van der Waals surface area (Å²) in [6.07, 6.45) is 3.35. The number of carboxylic acids is 1. The van der Waals surface area contributed by atoms with E-state index in [0.717, 1.165) is 11.1 Å². The number of carboxylic acid groups (broad SMARTS) is 1. The number of fused-ring (bicyclic) bond motifs is 1. The molecule has 8 nitrogen and oxygen atoms in total. The van der Waals surface area contributed by atoms with E-state index >= 15 is 0 Å². The second-order valence-corrected chi connectivity index (χ2v) is 14.2. The van der Waals surface area contributed by atoms with Gasteiger partial charge in [0.05, 0.1) is 23.6 Å². The minimum Gasteiger partial charge on any atom is -0.477 e. The van der Waals surface area contributed by atoms with Crippen molar-refractivity contribution in [1.82, 2.24) is 15.2 Å². The summed E-state index contributed by atoms with van der Waals surface area (Å²) in [5.41, 5.74) is 2.84. The van der Waals surface area contributed by atoms with E-state index in [1.165, 1.54) is 11.1 Å². The fraction of sp³-hybridized carbons (Fsp3) is 0.360. The highest BCUT2D eigenvalue weighted by Crippen LogP contribution is 2.47. The van der Waals surface area contributed by atoms with Crippen molar-refractivity contribution in [2.24, 2.45) is 5.92 Å². The van der Waals surface area contributed by atoms with E-state index in [4.69, 9.17) is 4.43 Å². The van der Waals surface area contributed by atoms with Gasteiger partial charge in [-0.2, -0.15) is 0 Å². The molecule has 2 aliphatic rings. The van der Waals surface area contributed by atoms with Crippen molar-refractivity contribution < 1.29 is 23.9 Å². The molecule has 3 atom stereocenters. The Bertz CT molecular complexity index is 1140. The van der Waals surface area contributed by atoms with Gasteiger partial charge in [0.2, 0.25) is 5.91 Å². The molecule has 9 heteroatoms. The lowest BCUT2D eigenvalue weighted by Crippen LogP contribution is -2.63. The molecule has 2 aliphatic heterocycles. The van der Waals surface area contributed by atoms with Crippen LogP contribution in [-0.4, -0.2) is 53.2 Å². The zero-order chi connectivity index (χ0) is 24.6. The van der Waals surface area contributed by atoms with E-state index in [-0.39, 0.29) is 35.6 Å². The van der Waals surface area contributed by atoms with E-state index in [1.807, 2.05) is 31.2 Å². The van der Waals surface area contributed by atoms with Crippen molar-refractivity contribution in [1.29, 1.82) is 0 Å². The second kappa shape index (κ2) is 9.15. The molecule has 1 aromatic heterocycles. The second-order valence-electron chi connectivity index (χ2n) is 9.69. The molecule has 2 aromatic rings. The van der Waals surface area contributed by atoms with E-state index in [2.05, 4.69) is 29.9 Å². The van der Waals surface area contributed by atoms with Gasteiger partial charge in [-0.1, -0.05) is 24.3 Å². The summed E-state index contributed by atoms with van der Waals surface area (Å²) >= 11 is 0. The van der Waals surface area contributed by atoms with Crippen LogP contribution in [0.5, 0.6) is 0 Å². The van der Waals surface area contributed by atoms with Crippen LogP contribution in [0.3, 0.4) is 0 Å². The molecule has 2 N–H and O–H groups in total. The molecule has 0 aliphatic carbocycles. The maximum absolute atomic E-state index is 12.9. The van der Waals surface area contributed by atoms with Gasteiger partial charge in [-0.15, -0.1) is 0 Å². The third kappa shape index (κ3) is 4.66. The zero-order valence-corrected chi connectivity index (χ0v) is 20.7. The molecule has 34 heavy (non-hydrogen) atoms. The van der Waals surface area contributed by atoms with Crippen molar-refractivity contribution in [3.8, 4) is 0 Å². The maximum Gasteiger partial charge on any atom is 0.352 e. The molecule has 178 valence electrons. The first kappa shape index (κ1) is 23.8. The summed E-state index contributed by atoms with van der Waals surface area (Å²) in [6.45, 7) is 8.47. The number of benzene rings is 1. The summed E-state index contributed by atoms with van der Waals surface area (Å²) in [7, 11) is -1.84. The van der Waals surface area contributed by atoms with E-state index in [0.29, 0.717) is 24.1 Å². The zero-order valence-electron chi connectivity index (χ0n) is 19.7. The Balaban J connectivity index is 1.47. The van der Waals surface area contributed by atoms with Crippen LogP contribution in [0.4, 0.5) is 0 Å². The summed E-state index contributed by atoms with van der Waals surface area (Å²) in [5, 5.41) is 12.7.